The van der Waals surface area contributed by atoms with E-state index >= 15 is 0 Å². The van der Waals surface area contributed by atoms with Crippen LogP contribution in [0, 0.1) is 0 Å². The van der Waals surface area contributed by atoms with Gasteiger partial charge in [-0.3, -0.25) is 0 Å². The molecule has 0 aliphatic rings. The molecule has 0 bridgehead atoms. The van der Waals surface area contributed by atoms with E-state index in [0.717, 1.165) is 0 Å². The van der Waals surface area contributed by atoms with Crippen LogP contribution >= 0.6 is 23.2 Å². The summed E-state index contributed by atoms with van der Waals surface area (Å²) >= 11 is 11.6. The lowest BCUT2D eigenvalue weighted by Crippen LogP contribution is -2.30. The van der Waals surface area contributed by atoms with Crippen molar-refractivity contribution in [2.75, 3.05) is 0 Å². The van der Waals surface area contributed by atoms with Gasteiger partial charge in [-0.05, 0) is 13.3 Å². The van der Waals surface area contributed by atoms with E-state index in [1.165, 1.54) is 12.2 Å². The van der Waals surface area contributed by atoms with Crippen molar-refractivity contribution in [3.05, 3.63) is 0 Å². The van der Waals surface area contributed by atoms with Gasteiger partial charge in [0.05, 0.1) is 0 Å². The Labute approximate surface area is 98.4 Å². The molecule has 0 spiro atoms. The van der Waals surface area contributed by atoms with Gasteiger partial charge in [-0.1, -0.05) is 13.3 Å². The van der Waals surface area contributed by atoms with E-state index in [1.807, 2.05) is 6.92 Å². The summed E-state index contributed by atoms with van der Waals surface area (Å²) < 4.78 is -1.12. The number of alkyl halides is 2. The fraction of sp³-hybridized carbons (Fsp3) is 0.778. The summed E-state index contributed by atoms with van der Waals surface area (Å²) in [7, 11) is 0. The van der Waals surface area contributed by atoms with Gasteiger partial charge in [-0.2, -0.15) is 9.98 Å². The molecular formula is C9H12Cl2N2O2. The Hall–Kier alpha value is -0.660. The van der Waals surface area contributed by atoms with Gasteiger partial charge in [-0.25, -0.2) is 9.59 Å². The lowest BCUT2D eigenvalue weighted by atomic mass is 9.99. The predicted octanol–water partition coefficient (Wildman–Crippen LogP) is 2.74. The normalized spacial score (nSPS) is 14.7. The van der Waals surface area contributed by atoms with Crippen molar-refractivity contribution in [1.82, 2.24) is 0 Å². The highest BCUT2D eigenvalue weighted by atomic mass is 35.5. The topological polar surface area (TPSA) is 58.9 Å². The molecule has 0 aromatic heterocycles. The summed E-state index contributed by atoms with van der Waals surface area (Å²) in [5, 5.41) is 0. The van der Waals surface area contributed by atoms with E-state index in [4.69, 9.17) is 23.2 Å². The van der Waals surface area contributed by atoms with Crippen molar-refractivity contribution in [3.8, 4) is 0 Å². The van der Waals surface area contributed by atoms with Crippen molar-refractivity contribution in [2.45, 2.75) is 43.1 Å². The van der Waals surface area contributed by atoms with Crippen molar-refractivity contribution in [2.24, 2.45) is 9.98 Å². The SMILES string of the molecule is CCCC(CC(C)(Cl)Cl)(N=C=O)N=C=O. The Morgan fingerprint density at radius 1 is 1.20 bits per heavy atom. The number of aliphatic imine (C=N–C) groups is 2. The first-order valence-electron chi connectivity index (χ1n) is 4.45. The maximum atomic E-state index is 10.3. The van der Waals surface area contributed by atoms with E-state index in [0.29, 0.717) is 12.8 Å². The molecule has 4 nitrogen and oxygen atoms in total. The predicted molar refractivity (Wildman–Crippen MR) is 58.6 cm³/mol. The minimum Gasteiger partial charge on any atom is -0.211 e. The smallest absolute Gasteiger partial charge is 0.211 e. The van der Waals surface area contributed by atoms with Gasteiger partial charge in [0, 0.05) is 6.42 Å². The number of carbonyl (C=O) groups excluding carboxylic acids is 2. The maximum absolute atomic E-state index is 10.3. The van der Waals surface area contributed by atoms with E-state index in [-0.39, 0.29) is 6.42 Å². The fourth-order valence-corrected chi connectivity index (χ4v) is 1.80. The number of halogens is 2. The third kappa shape index (κ3) is 5.71. The van der Waals surface area contributed by atoms with Gasteiger partial charge >= 0.3 is 0 Å². The molecule has 0 unspecified atom stereocenters. The van der Waals surface area contributed by atoms with E-state index in [9.17, 15) is 9.59 Å². The van der Waals surface area contributed by atoms with Gasteiger partial charge in [-0.15, -0.1) is 23.2 Å². The highest BCUT2D eigenvalue weighted by Crippen LogP contribution is 2.36. The zero-order chi connectivity index (χ0) is 11.9. The molecule has 0 aliphatic carbocycles. The van der Waals surface area contributed by atoms with Crippen LogP contribution in [-0.2, 0) is 9.59 Å². The second kappa shape index (κ2) is 6.04. The Morgan fingerprint density at radius 2 is 1.67 bits per heavy atom. The molecule has 0 heterocycles. The Balaban J connectivity index is 5.11. The third-order valence-corrected chi connectivity index (χ3v) is 2.02. The molecule has 84 valence electrons. The van der Waals surface area contributed by atoms with Crippen LogP contribution in [0.2, 0.25) is 0 Å². The van der Waals surface area contributed by atoms with Crippen molar-refractivity contribution < 1.29 is 9.59 Å². The standard InChI is InChI=1S/C9H12Cl2N2O2/c1-3-4-9(12-6-14,13-7-15)5-8(2,10)11/h3-5H2,1-2H3. The van der Waals surface area contributed by atoms with Crippen LogP contribution in [0.25, 0.3) is 0 Å². The summed E-state index contributed by atoms with van der Waals surface area (Å²) in [6.45, 7) is 3.41. The van der Waals surface area contributed by atoms with Gasteiger partial charge in [0.2, 0.25) is 12.2 Å². The molecule has 0 saturated carbocycles. The summed E-state index contributed by atoms with van der Waals surface area (Å²) in [6.07, 6.45) is 3.92. The molecule has 0 N–H and O–H groups in total. The minimum atomic E-state index is -1.23. The van der Waals surface area contributed by atoms with Crippen molar-refractivity contribution >= 4 is 35.4 Å². The van der Waals surface area contributed by atoms with Crippen LogP contribution in [0.3, 0.4) is 0 Å². The van der Waals surface area contributed by atoms with Crippen molar-refractivity contribution in [1.29, 1.82) is 0 Å². The second-order valence-corrected chi connectivity index (χ2v) is 5.25. The lowest BCUT2D eigenvalue weighted by molar-refractivity contribution is 0.364. The van der Waals surface area contributed by atoms with Crippen LogP contribution in [0.1, 0.15) is 33.1 Å². The summed E-state index contributed by atoms with van der Waals surface area (Å²) in [5.74, 6) is 0. The number of hydrogen-bond donors (Lipinski definition) is 0. The molecule has 15 heavy (non-hydrogen) atoms. The first-order valence-corrected chi connectivity index (χ1v) is 5.20. The monoisotopic (exact) mass is 250 g/mol. The van der Waals surface area contributed by atoms with Gasteiger partial charge in [0.25, 0.3) is 0 Å². The molecule has 0 rings (SSSR count). The Kier molecular flexibility index (Phi) is 5.77. The van der Waals surface area contributed by atoms with Crippen LogP contribution in [0.15, 0.2) is 9.98 Å². The molecule has 0 aromatic rings. The summed E-state index contributed by atoms with van der Waals surface area (Å²) in [4.78, 5) is 27.6. The zero-order valence-corrected chi connectivity index (χ0v) is 10.1. The number of nitrogens with zero attached hydrogens (tertiary/aromatic N) is 2. The third-order valence-electron chi connectivity index (χ3n) is 1.75. The highest BCUT2D eigenvalue weighted by molar-refractivity contribution is 6.48. The average molecular weight is 251 g/mol. The molecule has 0 saturated heterocycles. The van der Waals surface area contributed by atoms with Gasteiger partial charge < -0.3 is 0 Å². The summed E-state index contributed by atoms with van der Waals surface area (Å²) in [6, 6.07) is 0. The van der Waals surface area contributed by atoms with E-state index in [2.05, 4.69) is 9.98 Å². The first kappa shape index (κ1) is 14.3. The number of isocyanates is 2. The molecule has 6 heteroatoms. The molecular weight excluding hydrogens is 239 g/mol. The van der Waals surface area contributed by atoms with Crippen molar-refractivity contribution in [3.63, 3.8) is 0 Å². The molecule has 0 amide bonds. The quantitative estimate of drug-likeness (QED) is 0.414. The number of hydrogen-bond acceptors (Lipinski definition) is 4. The second-order valence-electron chi connectivity index (χ2n) is 3.39. The van der Waals surface area contributed by atoms with Crippen LogP contribution in [0.4, 0.5) is 0 Å². The summed E-state index contributed by atoms with van der Waals surface area (Å²) in [5.41, 5.74) is -1.23. The molecule has 0 fully saturated rings. The average Bonchev–Trinajstić information content (AvgIpc) is 2.01. The molecule has 0 atom stereocenters. The first-order chi connectivity index (χ1) is 6.89. The highest BCUT2D eigenvalue weighted by Gasteiger charge is 2.36. The number of rotatable bonds is 6. The molecule has 0 aromatic carbocycles. The Bertz CT molecular complexity index is 282. The van der Waals surface area contributed by atoms with E-state index in [1.54, 1.807) is 6.92 Å². The molecule has 0 radical (unpaired) electrons. The maximum Gasteiger partial charge on any atom is 0.237 e. The van der Waals surface area contributed by atoms with Gasteiger partial charge in [0.15, 0.2) is 5.66 Å². The van der Waals surface area contributed by atoms with Crippen LogP contribution in [0.5, 0.6) is 0 Å². The lowest BCUT2D eigenvalue weighted by Gasteiger charge is -2.26. The van der Waals surface area contributed by atoms with Crippen LogP contribution in [-0.4, -0.2) is 22.2 Å². The van der Waals surface area contributed by atoms with Crippen LogP contribution < -0.4 is 0 Å². The van der Waals surface area contributed by atoms with Gasteiger partial charge in [0.1, 0.15) is 4.33 Å². The largest absolute Gasteiger partial charge is 0.237 e. The fourth-order valence-electron chi connectivity index (χ4n) is 1.37. The minimum absolute atomic E-state index is 0.0709. The van der Waals surface area contributed by atoms with E-state index < -0.39 is 10.00 Å². The zero-order valence-electron chi connectivity index (χ0n) is 8.59. The molecule has 0 aliphatic heterocycles. The Morgan fingerprint density at radius 3 is 1.93 bits per heavy atom.